The highest BCUT2D eigenvalue weighted by atomic mass is 32.2. The predicted octanol–water partition coefficient (Wildman–Crippen LogP) is 3.07. The minimum atomic E-state index is 0.00702. The second-order valence-corrected chi connectivity index (χ2v) is 7.04. The Morgan fingerprint density at radius 1 is 1.45 bits per heavy atom. The van der Waals surface area contributed by atoms with Gasteiger partial charge >= 0.3 is 0 Å². The van der Waals surface area contributed by atoms with E-state index in [0.717, 1.165) is 23.5 Å². The van der Waals surface area contributed by atoms with Crippen molar-refractivity contribution in [3.05, 3.63) is 23.9 Å². The number of thioether (sulfide) groups is 1. The molecule has 20 heavy (non-hydrogen) atoms. The average molecular weight is 296 g/mol. The minimum absolute atomic E-state index is 0.00702. The van der Waals surface area contributed by atoms with Crippen LogP contribution >= 0.6 is 11.8 Å². The van der Waals surface area contributed by atoms with E-state index in [1.807, 2.05) is 12.1 Å². The summed E-state index contributed by atoms with van der Waals surface area (Å²) >= 11 is 1.66. The fraction of sp³-hybridized carbons (Fsp3) is 0.600. The number of carbonyl (C=O) groups excluding carboxylic acids is 1. The van der Waals surface area contributed by atoms with Crippen LogP contribution in [0.3, 0.4) is 0 Å². The van der Waals surface area contributed by atoms with Crippen LogP contribution in [0.1, 0.15) is 39.2 Å². The van der Waals surface area contributed by atoms with Crippen molar-refractivity contribution in [2.75, 3.05) is 17.7 Å². The van der Waals surface area contributed by atoms with Gasteiger partial charge in [-0.2, -0.15) is 11.8 Å². The summed E-state index contributed by atoms with van der Waals surface area (Å²) in [5.41, 5.74) is 1.26. The standard InChI is InChI=1S/C15H24N2O2S/c1-15(2,3)6-4-14(19)17-13-10-12(5-7-16-13)11-20-9-8-18/h5,7,10,18H,4,6,8-9,11H2,1-3H3,(H,16,17,19). The predicted molar refractivity (Wildman–Crippen MR) is 84.8 cm³/mol. The maximum Gasteiger partial charge on any atom is 0.225 e. The molecule has 0 spiro atoms. The Balaban J connectivity index is 2.46. The van der Waals surface area contributed by atoms with E-state index in [0.29, 0.717) is 12.2 Å². The van der Waals surface area contributed by atoms with Crippen molar-refractivity contribution in [3.63, 3.8) is 0 Å². The van der Waals surface area contributed by atoms with E-state index >= 15 is 0 Å². The topological polar surface area (TPSA) is 62.2 Å². The highest BCUT2D eigenvalue weighted by molar-refractivity contribution is 7.98. The first kappa shape index (κ1) is 17.0. The van der Waals surface area contributed by atoms with Gasteiger partial charge in [0.05, 0.1) is 6.61 Å². The Bertz CT molecular complexity index is 430. The number of aromatic nitrogens is 1. The normalized spacial score (nSPS) is 11.4. The fourth-order valence-electron chi connectivity index (χ4n) is 1.58. The molecule has 1 heterocycles. The van der Waals surface area contributed by atoms with Gasteiger partial charge in [-0.3, -0.25) is 4.79 Å². The lowest BCUT2D eigenvalue weighted by Gasteiger charge is -2.17. The van der Waals surface area contributed by atoms with Gasteiger partial charge in [-0.05, 0) is 29.5 Å². The van der Waals surface area contributed by atoms with Gasteiger partial charge < -0.3 is 10.4 Å². The van der Waals surface area contributed by atoms with Crippen molar-refractivity contribution in [1.82, 2.24) is 4.98 Å². The Hall–Kier alpha value is -1.07. The Morgan fingerprint density at radius 2 is 2.20 bits per heavy atom. The molecule has 112 valence electrons. The van der Waals surface area contributed by atoms with Gasteiger partial charge in [-0.15, -0.1) is 0 Å². The molecule has 5 heteroatoms. The summed E-state index contributed by atoms with van der Waals surface area (Å²) in [6.07, 6.45) is 3.06. The molecular formula is C15H24N2O2S. The molecule has 1 rings (SSSR count). The third kappa shape index (κ3) is 7.50. The summed E-state index contributed by atoms with van der Waals surface area (Å²) < 4.78 is 0. The molecule has 2 N–H and O–H groups in total. The van der Waals surface area contributed by atoms with Crippen LogP contribution in [0, 0.1) is 5.41 Å². The van der Waals surface area contributed by atoms with E-state index in [1.165, 1.54) is 0 Å². The number of hydrogen-bond donors (Lipinski definition) is 2. The van der Waals surface area contributed by atoms with Crippen molar-refractivity contribution >= 4 is 23.5 Å². The molecule has 0 saturated carbocycles. The molecule has 1 aromatic heterocycles. The van der Waals surface area contributed by atoms with Crippen LogP contribution in [0.2, 0.25) is 0 Å². The number of aliphatic hydroxyl groups is 1. The summed E-state index contributed by atoms with van der Waals surface area (Å²) in [7, 11) is 0. The molecule has 0 fully saturated rings. The Labute approximate surface area is 125 Å². The maximum absolute atomic E-state index is 11.8. The summed E-state index contributed by atoms with van der Waals surface area (Å²) in [6.45, 7) is 6.55. The van der Waals surface area contributed by atoms with E-state index < -0.39 is 0 Å². The minimum Gasteiger partial charge on any atom is -0.396 e. The molecular weight excluding hydrogens is 272 g/mol. The van der Waals surface area contributed by atoms with E-state index in [9.17, 15) is 4.79 Å². The van der Waals surface area contributed by atoms with E-state index in [-0.39, 0.29) is 17.9 Å². The van der Waals surface area contributed by atoms with Crippen molar-refractivity contribution in [1.29, 1.82) is 0 Å². The molecule has 4 nitrogen and oxygen atoms in total. The molecule has 0 unspecified atom stereocenters. The van der Waals surface area contributed by atoms with Crippen LogP contribution in [0.4, 0.5) is 5.82 Å². The highest BCUT2D eigenvalue weighted by Gasteiger charge is 2.13. The SMILES string of the molecule is CC(C)(C)CCC(=O)Nc1cc(CSCCO)ccn1. The number of rotatable bonds is 7. The molecule has 1 aromatic rings. The molecule has 1 amide bonds. The summed E-state index contributed by atoms with van der Waals surface area (Å²) in [4.78, 5) is 16.0. The number of nitrogens with one attached hydrogen (secondary N) is 1. The lowest BCUT2D eigenvalue weighted by Crippen LogP contribution is -2.16. The lowest BCUT2D eigenvalue weighted by molar-refractivity contribution is -0.116. The van der Waals surface area contributed by atoms with Crippen LogP contribution in [0.25, 0.3) is 0 Å². The first-order chi connectivity index (χ1) is 9.40. The molecule has 0 aliphatic heterocycles. The van der Waals surface area contributed by atoms with Gasteiger partial charge in [-0.25, -0.2) is 4.98 Å². The summed E-state index contributed by atoms with van der Waals surface area (Å²) in [6, 6.07) is 3.81. The Kier molecular flexibility index (Phi) is 7.02. The van der Waals surface area contributed by atoms with E-state index in [4.69, 9.17) is 5.11 Å². The molecule has 0 aromatic carbocycles. The van der Waals surface area contributed by atoms with Crippen molar-refractivity contribution in [2.24, 2.45) is 5.41 Å². The summed E-state index contributed by atoms with van der Waals surface area (Å²) in [5.74, 6) is 2.14. The van der Waals surface area contributed by atoms with Gasteiger partial charge in [0.1, 0.15) is 5.82 Å². The van der Waals surface area contributed by atoms with Crippen LogP contribution in [0.15, 0.2) is 18.3 Å². The third-order valence-corrected chi connectivity index (χ3v) is 3.71. The first-order valence-corrected chi connectivity index (χ1v) is 7.99. The van der Waals surface area contributed by atoms with Crippen LogP contribution in [0.5, 0.6) is 0 Å². The van der Waals surface area contributed by atoms with Crippen molar-refractivity contribution in [2.45, 2.75) is 39.4 Å². The van der Waals surface area contributed by atoms with Gasteiger partial charge in [-0.1, -0.05) is 20.8 Å². The molecule has 0 radical (unpaired) electrons. The largest absolute Gasteiger partial charge is 0.396 e. The number of anilines is 1. The van der Waals surface area contributed by atoms with Gasteiger partial charge in [0.25, 0.3) is 0 Å². The molecule has 0 atom stereocenters. The molecule has 0 aliphatic rings. The second kappa shape index (κ2) is 8.27. The van der Waals surface area contributed by atoms with Gasteiger partial charge in [0.15, 0.2) is 0 Å². The number of carbonyl (C=O) groups is 1. The van der Waals surface area contributed by atoms with Crippen LogP contribution in [-0.4, -0.2) is 28.4 Å². The maximum atomic E-state index is 11.8. The van der Waals surface area contributed by atoms with Crippen LogP contribution < -0.4 is 5.32 Å². The number of nitrogens with zero attached hydrogens (tertiary/aromatic N) is 1. The monoisotopic (exact) mass is 296 g/mol. The number of amides is 1. The third-order valence-electron chi connectivity index (χ3n) is 2.70. The average Bonchev–Trinajstić information content (AvgIpc) is 2.36. The number of aliphatic hydroxyl groups excluding tert-OH is 1. The van der Waals surface area contributed by atoms with Gasteiger partial charge in [0, 0.05) is 24.1 Å². The number of hydrogen-bond acceptors (Lipinski definition) is 4. The van der Waals surface area contributed by atoms with Crippen LogP contribution in [-0.2, 0) is 10.5 Å². The fourth-order valence-corrected chi connectivity index (χ4v) is 2.27. The first-order valence-electron chi connectivity index (χ1n) is 6.84. The zero-order valence-electron chi connectivity index (χ0n) is 12.5. The molecule has 0 aliphatic carbocycles. The smallest absolute Gasteiger partial charge is 0.225 e. The summed E-state index contributed by atoms with van der Waals surface area (Å²) in [5, 5.41) is 11.6. The highest BCUT2D eigenvalue weighted by Crippen LogP contribution is 2.21. The van der Waals surface area contributed by atoms with E-state index in [1.54, 1.807) is 18.0 Å². The zero-order valence-corrected chi connectivity index (χ0v) is 13.3. The zero-order chi connectivity index (χ0) is 15.0. The van der Waals surface area contributed by atoms with Crippen molar-refractivity contribution in [3.8, 4) is 0 Å². The van der Waals surface area contributed by atoms with Gasteiger partial charge in [0.2, 0.25) is 5.91 Å². The van der Waals surface area contributed by atoms with Crippen molar-refractivity contribution < 1.29 is 9.90 Å². The quantitative estimate of drug-likeness (QED) is 0.759. The molecule has 0 bridgehead atoms. The molecule has 0 saturated heterocycles. The Morgan fingerprint density at radius 3 is 2.85 bits per heavy atom. The second-order valence-electron chi connectivity index (χ2n) is 5.93. The lowest BCUT2D eigenvalue weighted by atomic mass is 9.90. The van der Waals surface area contributed by atoms with E-state index in [2.05, 4.69) is 31.1 Å². The number of pyridine rings is 1.